The van der Waals surface area contributed by atoms with Gasteiger partial charge < -0.3 is 19.3 Å². The van der Waals surface area contributed by atoms with Crippen LogP contribution < -0.4 is 0 Å². The van der Waals surface area contributed by atoms with Gasteiger partial charge in [-0.1, -0.05) is 17.7 Å². The molecule has 0 spiro atoms. The molecule has 0 radical (unpaired) electrons. The Morgan fingerprint density at radius 2 is 2.10 bits per heavy atom. The van der Waals surface area contributed by atoms with E-state index in [2.05, 4.69) is 0 Å². The number of benzene rings is 1. The molecule has 0 saturated carbocycles. The first-order valence-corrected chi connectivity index (χ1v) is 11.2. The van der Waals surface area contributed by atoms with Crippen molar-refractivity contribution in [2.24, 2.45) is 0 Å². The molecular weight excluding hydrogens is 434 g/mol. The van der Waals surface area contributed by atoms with E-state index < -0.39 is 27.3 Å². The van der Waals surface area contributed by atoms with Gasteiger partial charge in [-0.25, -0.2) is 17.2 Å². The zero-order chi connectivity index (χ0) is 21.5. The number of carboxylic acid groups (broad SMARTS) is 1. The van der Waals surface area contributed by atoms with Crippen molar-refractivity contribution in [3.05, 3.63) is 58.7 Å². The van der Waals surface area contributed by atoms with E-state index >= 15 is 0 Å². The molecular formula is C20H20ClNO7S. The number of ether oxygens (including phenoxy) is 3. The Morgan fingerprint density at radius 1 is 1.33 bits per heavy atom. The van der Waals surface area contributed by atoms with E-state index in [1.54, 1.807) is 36.4 Å². The van der Waals surface area contributed by atoms with Crippen LogP contribution in [-0.2, 0) is 35.6 Å². The van der Waals surface area contributed by atoms with Gasteiger partial charge in [-0.2, -0.15) is 0 Å². The lowest BCUT2D eigenvalue weighted by molar-refractivity contribution is -0.149. The zero-order valence-corrected chi connectivity index (χ0v) is 17.6. The number of fused-ring (bicyclic) bond motifs is 1. The second kappa shape index (κ2) is 7.98. The SMILES string of the molecule is CC(OCc1cc2cc(Cl)ccc2n1S(=O)(=O)C1C=CC2=C(C1)OCCO2)C(=O)O. The number of nitrogens with zero attached hydrogens (tertiary/aromatic N) is 1. The average molecular weight is 454 g/mol. The minimum Gasteiger partial charge on any atom is -0.490 e. The van der Waals surface area contributed by atoms with Gasteiger partial charge in [0.2, 0.25) is 10.0 Å². The maximum absolute atomic E-state index is 13.6. The quantitative estimate of drug-likeness (QED) is 0.716. The van der Waals surface area contributed by atoms with E-state index in [0.717, 1.165) is 0 Å². The molecule has 1 aromatic carbocycles. The average Bonchev–Trinajstić information content (AvgIpc) is 3.09. The molecule has 30 heavy (non-hydrogen) atoms. The normalized spacial score (nSPS) is 19.9. The molecule has 2 unspecified atom stereocenters. The van der Waals surface area contributed by atoms with Crippen molar-refractivity contribution < 1.29 is 32.5 Å². The lowest BCUT2D eigenvalue weighted by Gasteiger charge is -2.27. The van der Waals surface area contributed by atoms with E-state index in [1.807, 2.05) is 0 Å². The van der Waals surface area contributed by atoms with Crippen LogP contribution in [0, 0.1) is 0 Å². The van der Waals surface area contributed by atoms with Gasteiger partial charge in [-0.05, 0) is 37.3 Å². The van der Waals surface area contributed by atoms with Crippen LogP contribution >= 0.6 is 11.6 Å². The fourth-order valence-corrected chi connectivity index (χ4v) is 5.42. The Bertz CT molecular complexity index is 1170. The van der Waals surface area contributed by atoms with Crippen LogP contribution in [0.15, 0.2) is 47.9 Å². The summed E-state index contributed by atoms with van der Waals surface area (Å²) in [4.78, 5) is 11.1. The Morgan fingerprint density at radius 3 is 2.87 bits per heavy atom. The predicted molar refractivity (Wildman–Crippen MR) is 110 cm³/mol. The van der Waals surface area contributed by atoms with Gasteiger partial charge in [0.15, 0.2) is 11.9 Å². The molecule has 0 fully saturated rings. The molecule has 4 rings (SSSR count). The van der Waals surface area contributed by atoms with Gasteiger partial charge in [-0.15, -0.1) is 0 Å². The summed E-state index contributed by atoms with van der Waals surface area (Å²) in [6, 6.07) is 6.53. The molecule has 0 saturated heterocycles. The molecule has 8 nitrogen and oxygen atoms in total. The molecule has 0 amide bonds. The molecule has 2 atom stereocenters. The minimum absolute atomic E-state index is 0.146. The van der Waals surface area contributed by atoms with Gasteiger partial charge in [0.1, 0.15) is 24.2 Å². The van der Waals surface area contributed by atoms with Crippen LogP contribution in [0.1, 0.15) is 19.0 Å². The third-order valence-electron chi connectivity index (χ3n) is 5.00. The summed E-state index contributed by atoms with van der Waals surface area (Å²) < 4.78 is 44.9. The maximum Gasteiger partial charge on any atom is 0.332 e. The number of hydrogen-bond donors (Lipinski definition) is 1. The number of aromatic nitrogens is 1. The number of halogens is 1. The number of carboxylic acids is 1. The van der Waals surface area contributed by atoms with E-state index in [0.29, 0.717) is 46.4 Å². The van der Waals surface area contributed by atoms with E-state index in [1.165, 1.54) is 10.9 Å². The second-order valence-electron chi connectivity index (χ2n) is 7.03. The van der Waals surface area contributed by atoms with Gasteiger partial charge >= 0.3 is 5.97 Å². The molecule has 10 heteroatoms. The summed E-state index contributed by atoms with van der Waals surface area (Å²) in [6.07, 6.45) is 2.26. The number of carbonyl (C=O) groups is 1. The number of allylic oxidation sites excluding steroid dienone is 2. The van der Waals surface area contributed by atoms with E-state index in [9.17, 15) is 13.2 Å². The summed E-state index contributed by atoms with van der Waals surface area (Å²) >= 11 is 6.07. The summed E-state index contributed by atoms with van der Waals surface area (Å²) in [5.41, 5.74) is 0.754. The van der Waals surface area contributed by atoms with Crippen molar-refractivity contribution in [2.75, 3.05) is 13.2 Å². The summed E-state index contributed by atoms with van der Waals surface area (Å²) in [5.74, 6) is -0.0718. The number of aliphatic carboxylic acids is 1. The van der Waals surface area contributed by atoms with Crippen LogP contribution in [0.25, 0.3) is 10.9 Å². The predicted octanol–water partition coefficient (Wildman–Crippen LogP) is 3.05. The maximum atomic E-state index is 13.6. The van der Waals surface area contributed by atoms with Crippen molar-refractivity contribution in [1.82, 2.24) is 3.97 Å². The first kappa shape index (κ1) is 20.8. The Balaban J connectivity index is 1.74. The van der Waals surface area contributed by atoms with Gasteiger partial charge in [-0.3, -0.25) is 0 Å². The molecule has 1 N–H and O–H groups in total. The fourth-order valence-electron chi connectivity index (χ4n) is 3.46. The number of rotatable bonds is 6. The second-order valence-corrected chi connectivity index (χ2v) is 9.46. The first-order chi connectivity index (χ1) is 14.3. The Kier molecular flexibility index (Phi) is 5.52. The smallest absolute Gasteiger partial charge is 0.332 e. The van der Waals surface area contributed by atoms with Crippen molar-refractivity contribution in [1.29, 1.82) is 0 Å². The highest BCUT2D eigenvalue weighted by Crippen LogP contribution is 2.32. The third-order valence-corrected chi connectivity index (χ3v) is 7.26. The van der Waals surface area contributed by atoms with Crippen molar-refractivity contribution in [2.45, 2.75) is 31.3 Å². The first-order valence-electron chi connectivity index (χ1n) is 9.33. The largest absolute Gasteiger partial charge is 0.490 e. The van der Waals surface area contributed by atoms with Crippen LogP contribution in [0.5, 0.6) is 0 Å². The highest BCUT2D eigenvalue weighted by molar-refractivity contribution is 7.90. The monoisotopic (exact) mass is 453 g/mol. The van der Waals surface area contributed by atoms with Gasteiger partial charge in [0.05, 0.1) is 17.8 Å². The van der Waals surface area contributed by atoms with Crippen molar-refractivity contribution >= 4 is 38.5 Å². The topological polar surface area (TPSA) is 104 Å². The molecule has 160 valence electrons. The van der Waals surface area contributed by atoms with Gasteiger partial charge in [0.25, 0.3) is 0 Å². The molecule has 1 aliphatic heterocycles. The van der Waals surface area contributed by atoms with Crippen LogP contribution in [0.4, 0.5) is 0 Å². The van der Waals surface area contributed by atoms with Crippen molar-refractivity contribution in [3.63, 3.8) is 0 Å². The lowest BCUT2D eigenvalue weighted by atomic mass is 10.1. The molecule has 2 heterocycles. The molecule has 1 aliphatic carbocycles. The highest BCUT2D eigenvalue weighted by Gasteiger charge is 2.34. The van der Waals surface area contributed by atoms with Crippen LogP contribution in [0.2, 0.25) is 5.02 Å². The van der Waals surface area contributed by atoms with Crippen LogP contribution in [0.3, 0.4) is 0 Å². The van der Waals surface area contributed by atoms with Crippen LogP contribution in [-0.4, -0.2) is 48.0 Å². The molecule has 1 aromatic heterocycles. The standard InChI is InChI=1S/C20H20ClNO7S/c1-12(20(23)24)29-11-15-9-13-8-14(21)2-4-17(13)22(15)30(25,26)16-3-5-18-19(10-16)28-7-6-27-18/h2-5,8-9,12,16H,6-7,10-11H2,1H3,(H,23,24). The molecule has 0 bridgehead atoms. The third kappa shape index (κ3) is 3.80. The fraction of sp³-hybridized carbons (Fsp3) is 0.350. The Labute approximate surface area is 178 Å². The molecule has 2 aliphatic rings. The lowest BCUT2D eigenvalue weighted by Crippen LogP contribution is -2.31. The van der Waals surface area contributed by atoms with Gasteiger partial charge in [0, 0.05) is 16.8 Å². The summed E-state index contributed by atoms with van der Waals surface area (Å²) in [7, 11) is -3.92. The summed E-state index contributed by atoms with van der Waals surface area (Å²) in [5, 5.41) is 9.27. The van der Waals surface area contributed by atoms with E-state index in [4.69, 9.17) is 30.9 Å². The summed E-state index contributed by atoms with van der Waals surface area (Å²) in [6.45, 7) is 1.99. The zero-order valence-electron chi connectivity index (χ0n) is 16.1. The Hall–Kier alpha value is -2.49. The van der Waals surface area contributed by atoms with Crippen molar-refractivity contribution in [3.8, 4) is 0 Å². The number of hydrogen-bond acceptors (Lipinski definition) is 6. The highest BCUT2D eigenvalue weighted by atomic mass is 35.5. The molecule has 2 aromatic rings. The van der Waals surface area contributed by atoms with E-state index in [-0.39, 0.29) is 13.0 Å². The minimum atomic E-state index is -3.92.